The van der Waals surface area contributed by atoms with Crippen LogP contribution in [0.2, 0.25) is 0 Å². The standard InChI is InChI=1S/C25H34O7/c1-19(2)24(27)31-15-9-5-7-13-29-22-12-11-21(18-26)17-23(22)30-14-8-6-10-16-32-25(28)20(3)4/h11-12,17-18H,1,3,5-10,13-16H2,2,4H3. The molecule has 0 aliphatic carbocycles. The van der Waals surface area contributed by atoms with Crippen LogP contribution < -0.4 is 9.47 Å². The first-order chi connectivity index (χ1) is 15.3. The molecule has 1 aromatic rings. The Kier molecular flexibility index (Phi) is 13.2. The molecule has 0 heterocycles. The van der Waals surface area contributed by atoms with Gasteiger partial charge in [-0.2, -0.15) is 0 Å². The molecule has 0 saturated heterocycles. The van der Waals surface area contributed by atoms with Crippen molar-refractivity contribution in [1.82, 2.24) is 0 Å². The van der Waals surface area contributed by atoms with Crippen molar-refractivity contribution in [3.63, 3.8) is 0 Å². The van der Waals surface area contributed by atoms with Crippen molar-refractivity contribution in [3.8, 4) is 11.5 Å². The zero-order chi connectivity index (χ0) is 23.8. The van der Waals surface area contributed by atoms with E-state index in [1.165, 1.54) is 0 Å². The Hall–Kier alpha value is -3.09. The molecular weight excluding hydrogens is 412 g/mol. The summed E-state index contributed by atoms with van der Waals surface area (Å²) < 4.78 is 21.7. The van der Waals surface area contributed by atoms with Crippen LogP contribution in [0, 0.1) is 0 Å². The van der Waals surface area contributed by atoms with Crippen molar-refractivity contribution < 1.29 is 33.3 Å². The topological polar surface area (TPSA) is 88.1 Å². The van der Waals surface area contributed by atoms with E-state index >= 15 is 0 Å². The van der Waals surface area contributed by atoms with Gasteiger partial charge in [-0.1, -0.05) is 13.2 Å². The van der Waals surface area contributed by atoms with E-state index in [-0.39, 0.29) is 11.9 Å². The predicted octanol–water partition coefficient (Wildman–Crippen LogP) is 4.84. The number of carbonyl (C=O) groups excluding carboxylic acids is 3. The van der Waals surface area contributed by atoms with Gasteiger partial charge in [-0.3, -0.25) is 4.79 Å². The average Bonchev–Trinajstić information content (AvgIpc) is 2.77. The predicted molar refractivity (Wildman–Crippen MR) is 122 cm³/mol. The van der Waals surface area contributed by atoms with Gasteiger partial charge in [0.05, 0.1) is 26.4 Å². The molecule has 0 atom stereocenters. The normalized spacial score (nSPS) is 10.2. The van der Waals surface area contributed by atoms with E-state index < -0.39 is 0 Å². The summed E-state index contributed by atoms with van der Waals surface area (Å²) in [7, 11) is 0. The van der Waals surface area contributed by atoms with Crippen LogP contribution in [-0.4, -0.2) is 44.7 Å². The third-order valence-corrected chi connectivity index (χ3v) is 4.36. The second kappa shape index (κ2) is 15.7. The Morgan fingerprint density at radius 1 is 0.750 bits per heavy atom. The maximum absolute atomic E-state index is 11.3. The van der Waals surface area contributed by atoms with E-state index in [1.54, 1.807) is 32.0 Å². The molecule has 0 saturated carbocycles. The highest BCUT2D eigenvalue weighted by Crippen LogP contribution is 2.28. The lowest BCUT2D eigenvalue weighted by molar-refractivity contribution is -0.139. The van der Waals surface area contributed by atoms with E-state index in [0.717, 1.165) is 44.8 Å². The molecule has 0 fully saturated rings. The third-order valence-electron chi connectivity index (χ3n) is 4.36. The molecule has 0 bridgehead atoms. The number of hydrogen-bond donors (Lipinski definition) is 0. The smallest absolute Gasteiger partial charge is 0.333 e. The van der Waals surface area contributed by atoms with Crippen LogP contribution in [-0.2, 0) is 19.1 Å². The molecule has 1 rings (SSSR count). The number of aldehydes is 1. The molecule has 7 heteroatoms. The number of esters is 2. The van der Waals surface area contributed by atoms with Gasteiger partial charge in [0.2, 0.25) is 0 Å². The van der Waals surface area contributed by atoms with Crippen LogP contribution in [0.3, 0.4) is 0 Å². The van der Waals surface area contributed by atoms with Gasteiger partial charge in [0.25, 0.3) is 0 Å². The summed E-state index contributed by atoms with van der Waals surface area (Å²) in [6.45, 7) is 12.0. The summed E-state index contributed by atoms with van der Waals surface area (Å²) in [5.41, 5.74) is 1.30. The molecule has 0 spiro atoms. The van der Waals surface area contributed by atoms with E-state index in [1.807, 2.05) is 0 Å². The van der Waals surface area contributed by atoms with E-state index in [2.05, 4.69) is 13.2 Å². The van der Waals surface area contributed by atoms with Crippen LogP contribution in [0.4, 0.5) is 0 Å². The molecule has 0 N–H and O–H groups in total. The molecular formula is C25H34O7. The van der Waals surface area contributed by atoms with Gasteiger partial charge in [0.1, 0.15) is 6.29 Å². The van der Waals surface area contributed by atoms with Crippen molar-refractivity contribution in [2.75, 3.05) is 26.4 Å². The van der Waals surface area contributed by atoms with Crippen molar-refractivity contribution in [1.29, 1.82) is 0 Å². The van der Waals surface area contributed by atoms with Gasteiger partial charge in [0.15, 0.2) is 11.5 Å². The van der Waals surface area contributed by atoms with Crippen molar-refractivity contribution >= 4 is 18.2 Å². The Morgan fingerprint density at radius 3 is 1.69 bits per heavy atom. The van der Waals surface area contributed by atoms with Gasteiger partial charge in [-0.25, -0.2) is 9.59 Å². The average molecular weight is 447 g/mol. The fourth-order valence-corrected chi connectivity index (χ4v) is 2.53. The van der Waals surface area contributed by atoms with Gasteiger partial charge in [0, 0.05) is 16.7 Å². The second-order valence-electron chi connectivity index (χ2n) is 7.47. The zero-order valence-corrected chi connectivity index (χ0v) is 19.2. The minimum Gasteiger partial charge on any atom is -0.490 e. The van der Waals surface area contributed by atoms with Crippen LogP contribution in [0.25, 0.3) is 0 Å². The number of rotatable bonds is 17. The Balaban J connectivity index is 2.32. The summed E-state index contributed by atoms with van der Waals surface area (Å²) in [4.78, 5) is 33.7. The Labute approximate surface area is 190 Å². The molecule has 0 aromatic heterocycles. The highest BCUT2D eigenvalue weighted by molar-refractivity contribution is 5.87. The van der Waals surface area contributed by atoms with Gasteiger partial charge < -0.3 is 18.9 Å². The first kappa shape index (κ1) is 26.9. The van der Waals surface area contributed by atoms with Gasteiger partial charge in [-0.05, 0) is 70.6 Å². The highest BCUT2D eigenvalue weighted by Gasteiger charge is 2.08. The van der Waals surface area contributed by atoms with Crippen LogP contribution >= 0.6 is 0 Å². The third kappa shape index (κ3) is 11.3. The van der Waals surface area contributed by atoms with Crippen LogP contribution in [0.15, 0.2) is 42.5 Å². The molecule has 0 amide bonds. The number of ether oxygens (including phenoxy) is 4. The SMILES string of the molecule is C=C(C)C(=O)OCCCCCOc1ccc(C=O)cc1OCCCCCOC(=O)C(=C)C. The second-order valence-corrected chi connectivity index (χ2v) is 7.47. The quantitative estimate of drug-likeness (QED) is 0.146. The molecule has 1 aromatic carbocycles. The van der Waals surface area contributed by atoms with E-state index in [4.69, 9.17) is 18.9 Å². The van der Waals surface area contributed by atoms with E-state index in [9.17, 15) is 14.4 Å². The summed E-state index contributed by atoms with van der Waals surface area (Å²) >= 11 is 0. The summed E-state index contributed by atoms with van der Waals surface area (Å²) in [6.07, 6.45) is 5.50. The maximum Gasteiger partial charge on any atom is 0.333 e. The zero-order valence-electron chi connectivity index (χ0n) is 19.2. The van der Waals surface area contributed by atoms with Crippen molar-refractivity contribution in [2.24, 2.45) is 0 Å². The molecule has 7 nitrogen and oxygen atoms in total. The number of hydrogen-bond acceptors (Lipinski definition) is 7. The Morgan fingerprint density at radius 2 is 1.22 bits per heavy atom. The molecule has 0 aliphatic rings. The van der Waals surface area contributed by atoms with Crippen molar-refractivity contribution in [3.05, 3.63) is 48.1 Å². The minimum atomic E-state index is -0.374. The summed E-state index contributed by atoms with van der Waals surface area (Å²) in [5.74, 6) is 0.367. The maximum atomic E-state index is 11.3. The largest absolute Gasteiger partial charge is 0.490 e. The summed E-state index contributed by atoms with van der Waals surface area (Å²) in [6, 6.07) is 5.07. The van der Waals surface area contributed by atoms with Crippen molar-refractivity contribution in [2.45, 2.75) is 52.4 Å². The lowest BCUT2D eigenvalue weighted by atomic mass is 10.2. The first-order valence-corrected chi connectivity index (χ1v) is 10.8. The fraction of sp³-hybridized carbons (Fsp3) is 0.480. The fourth-order valence-electron chi connectivity index (χ4n) is 2.53. The number of benzene rings is 1. The molecule has 32 heavy (non-hydrogen) atoms. The lowest BCUT2D eigenvalue weighted by Crippen LogP contribution is -2.07. The Bertz CT molecular complexity index is 782. The molecule has 0 aliphatic heterocycles. The van der Waals surface area contributed by atoms with Crippen LogP contribution in [0.1, 0.15) is 62.7 Å². The van der Waals surface area contributed by atoms with Crippen LogP contribution in [0.5, 0.6) is 11.5 Å². The van der Waals surface area contributed by atoms with E-state index in [0.29, 0.717) is 54.6 Å². The van der Waals surface area contributed by atoms with Gasteiger partial charge in [-0.15, -0.1) is 0 Å². The first-order valence-electron chi connectivity index (χ1n) is 10.8. The number of unbranched alkanes of at least 4 members (excludes halogenated alkanes) is 4. The molecule has 176 valence electrons. The van der Waals surface area contributed by atoms with Gasteiger partial charge >= 0.3 is 11.9 Å². The lowest BCUT2D eigenvalue weighted by Gasteiger charge is -2.13. The number of carbonyl (C=O) groups is 3. The minimum absolute atomic E-state index is 0.354. The summed E-state index contributed by atoms with van der Waals surface area (Å²) in [5, 5.41) is 0. The molecule has 0 unspecified atom stereocenters. The highest BCUT2D eigenvalue weighted by atomic mass is 16.5. The molecule has 0 radical (unpaired) electrons. The monoisotopic (exact) mass is 446 g/mol.